The van der Waals surface area contributed by atoms with Gasteiger partial charge in [0.1, 0.15) is 0 Å². The van der Waals surface area contributed by atoms with Crippen LogP contribution in [0.1, 0.15) is 31.7 Å². The molecule has 3 nitrogen and oxygen atoms in total. The summed E-state index contributed by atoms with van der Waals surface area (Å²) in [6.07, 6.45) is 7.08. The van der Waals surface area contributed by atoms with Crippen molar-refractivity contribution in [2.75, 3.05) is 11.4 Å². The molecule has 1 amide bonds. The lowest BCUT2D eigenvalue weighted by atomic mass is 9.74. The molecule has 3 aliphatic rings. The van der Waals surface area contributed by atoms with Gasteiger partial charge in [-0.3, -0.25) is 4.79 Å². The lowest BCUT2D eigenvalue weighted by molar-refractivity contribution is -0.168. The second-order valence-electron chi connectivity index (χ2n) is 6.62. The Kier molecular flexibility index (Phi) is 3.50. The Morgan fingerprint density at radius 2 is 2.35 bits per heavy atom. The Morgan fingerprint density at radius 3 is 3.13 bits per heavy atom. The number of carbonyl (C=O) groups is 1. The van der Waals surface area contributed by atoms with E-state index in [-0.39, 0.29) is 17.9 Å². The summed E-state index contributed by atoms with van der Waals surface area (Å²) in [6, 6.07) is 5.99. The number of fused-ring (bicyclic) bond motifs is 4. The molecule has 1 saturated heterocycles. The van der Waals surface area contributed by atoms with Crippen molar-refractivity contribution in [1.29, 1.82) is 0 Å². The zero-order valence-corrected chi connectivity index (χ0v) is 14.8. The van der Waals surface area contributed by atoms with E-state index in [1.54, 1.807) is 6.08 Å². The normalized spacial score (nSPS) is 32.0. The maximum Gasteiger partial charge on any atom is 0.264 e. The van der Waals surface area contributed by atoms with Crippen LogP contribution in [0.4, 0.5) is 5.69 Å². The summed E-state index contributed by atoms with van der Waals surface area (Å²) in [7, 11) is 0. The number of anilines is 1. The molecule has 0 N–H and O–H groups in total. The monoisotopic (exact) mass is 373 g/mol. The third-order valence-corrected chi connectivity index (χ3v) is 5.90. The second-order valence-corrected chi connectivity index (χ2v) is 7.47. The van der Waals surface area contributed by atoms with Gasteiger partial charge in [0.25, 0.3) is 5.91 Å². The number of nitrogens with zero attached hydrogens (tertiary/aromatic N) is 1. The van der Waals surface area contributed by atoms with Gasteiger partial charge in [-0.2, -0.15) is 0 Å². The van der Waals surface area contributed by atoms with Crippen molar-refractivity contribution in [2.24, 2.45) is 5.92 Å². The first kappa shape index (κ1) is 15.2. The average molecular weight is 374 g/mol. The van der Waals surface area contributed by atoms with E-state index in [0.717, 1.165) is 35.0 Å². The molecule has 1 spiro atoms. The summed E-state index contributed by atoms with van der Waals surface area (Å²) >= 11 is 3.68. The molecule has 4 heteroatoms. The van der Waals surface area contributed by atoms with Crippen molar-refractivity contribution >= 4 is 27.5 Å². The van der Waals surface area contributed by atoms with Gasteiger partial charge in [0.2, 0.25) is 0 Å². The quantitative estimate of drug-likeness (QED) is 0.722. The molecular weight excluding hydrogens is 354 g/mol. The highest BCUT2D eigenvalue weighted by atomic mass is 79.9. The summed E-state index contributed by atoms with van der Waals surface area (Å²) < 4.78 is 7.40. The number of allylic oxidation sites excluding steroid dienone is 1. The maximum atomic E-state index is 13.5. The first-order valence-corrected chi connectivity index (χ1v) is 8.97. The Labute approximate surface area is 145 Å². The highest BCUT2D eigenvalue weighted by molar-refractivity contribution is 9.10. The van der Waals surface area contributed by atoms with Crippen LogP contribution >= 0.6 is 15.9 Å². The van der Waals surface area contributed by atoms with Crippen molar-refractivity contribution in [3.63, 3.8) is 0 Å². The van der Waals surface area contributed by atoms with E-state index in [4.69, 9.17) is 4.74 Å². The van der Waals surface area contributed by atoms with Gasteiger partial charge >= 0.3 is 0 Å². The molecule has 23 heavy (non-hydrogen) atoms. The molecular formula is C19H20BrNO2. The summed E-state index contributed by atoms with van der Waals surface area (Å²) in [6.45, 7) is 6.39. The number of halogens is 1. The van der Waals surface area contributed by atoms with E-state index < -0.39 is 5.60 Å². The molecule has 1 aromatic carbocycles. The van der Waals surface area contributed by atoms with Gasteiger partial charge in [-0.1, -0.05) is 39.7 Å². The minimum atomic E-state index is -0.877. The van der Waals surface area contributed by atoms with Crippen molar-refractivity contribution in [2.45, 2.75) is 37.9 Å². The van der Waals surface area contributed by atoms with Crippen LogP contribution in [0.2, 0.25) is 0 Å². The van der Waals surface area contributed by atoms with Gasteiger partial charge in [-0.05, 0) is 38.3 Å². The van der Waals surface area contributed by atoms with E-state index in [0.29, 0.717) is 6.54 Å². The molecule has 1 unspecified atom stereocenters. The lowest BCUT2D eigenvalue weighted by Gasteiger charge is -2.43. The predicted molar refractivity (Wildman–Crippen MR) is 94.3 cm³/mol. The topological polar surface area (TPSA) is 29.5 Å². The van der Waals surface area contributed by atoms with Gasteiger partial charge in [0, 0.05) is 22.5 Å². The van der Waals surface area contributed by atoms with Crippen molar-refractivity contribution in [3.05, 3.63) is 52.5 Å². The number of hydrogen-bond donors (Lipinski definition) is 0. The van der Waals surface area contributed by atoms with Gasteiger partial charge in [-0.25, -0.2) is 0 Å². The highest BCUT2D eigenvalue weighted by Crippen LogP contribution is 2.57. The van der Waals surface area contributed by atoms with Crippen LogP contribution in [0.25, 0.3) is 0 Å². The fraction of sp³-hybridized carbons (Fsp3) is 0.421. The summed E-state index contributed by atoms with van der Waals surface area (Å²) in [5.41, 5.74) is 2.46. The zero-order chi connectivity index (χ0) is 16.2. The standard InChI is InChI=1S/C19H20BrNO2/c1-3-10-21-16-9-5-8-15(20)17(16)19(18(21)22)14-7-4-6-13(14)11-12(2)23-19/h3,5-6,8-9,12,14H,1,4,7,10-11H2,2H3/t12-,14?,19-/m1/s1. The molecule has 1 aliphatic carbocycles. The van der Waals surface area contributed by atoms with Gasteiger partial charge < -0.3 is 9.64 Å². The molecule has 0 aromatic heterocycles. The van der Waals surface area contributed by atoms with Crippen LogP contribution in [0, 0.1) is 5.92 Å². The fourth-order valence-corrected chi connectivity index (χ4v) is 5.14. The van der Waals surface area contributed by atoms with Crippen LogP contribution in [-0.2, 0) is 15.1 Å². The molecule has 0 saturated carbocycles. The minimum Gasteiger partial charge on any atom is -0.356 e. The Hall–Kier alpha value is -1.39. The Morgan fingerprint density at radius 1 is 1.52 bits per heavy atom. The van der Waals surface area contributed by atoms with E-state index in [2.05, 4.69) is 35.5 Å². The molecule has 2 aliphatic heterocycles. The van der Waals surface area contributed by atoms with Gasteiger partial charge in [0.05, 0.1) is 11.8 Å². The maximum absolute atomic E-state index is 13.5. The Bertz CT molecular complexity index is 726. The van der Waals surface area contributed by atoms with Crippen molar-refractivity contribution in [3.8, 4) is 0 Å². The number of amides is 1. The first-order valence-electron chi connectivity index (χ1n) is 8.18. The predicted octanol–water partition coefficient (Wildman–Crippen LogP) is 4.32. The fourth-order valence-electron chi connectivity index (χ4n) is 4.49. The molecule has 1 fully saturated rings. The average Bonchev–Trinajstić information content (AvgIpc) is 3.06. The third kappa shape index (κ3) is 1.94. The van der Waals surface area contributed by atoms with Crippen LogP contribution < -0.4 is 4.90 Å². The summed E-state index contributed by atoms with van der Waals surface area (Å²) in [5.74, 6) is 0.210. The number of ether oxygens (including phenoxy) is 1. The third-order valence-electron chi connectivity index (χ3n) is 5.24. The second kappa shape index (κ2) is 5.32. The molecule has 0 radical (unpaired) electrons. The van der Waals surface area contributed by atoms with Crippen LogP contribution in [0.5, 0.6) is 0 Å². The SMILES string of the molecule is C=CCN1C(=O)[C@]2(O[C@H](C)CC3=CCCC32)c2c(Br)cccc21. The van der Waals surface area contributed by atoms with E-state index in [9.17, 15) is 4.79 Å². The lowest BCUT2D eigenvalue weighted by Crippen LogP contribution is -2.52. The molecule has 120 valence electrons. The molecule has 4 rings (SSSR count). The summed E-state index contributed by atoms with van der Waals surface area (Å²) in [5, 5.41) is 0. The minimum absolute atomic E-state index is 0.0446. The van der Waals surface area contributed by atoms with Crippen LogP contribution in [0.3, 0.4) is 0 Å². The van der Waals surface area contributed by atoms with E-state index >= 15 is 0 Å². The molecule has 0 bridgehead atoms. The molecule has 2 heterocycles. The van der Waals surface area contributed by atoms with Crippen LogP contribution in [-0.4, -0.2) is 18.6 Å². The zero-order valence-electron chi connectivity index (χ0n) is 13.2. The van der Waals surface area contributed by atoms with Crippen molar-refractivity contribution in [1.82, 2.24) is 0 Å². The number of hydrogen-bond acceptors (Lipinski definition) is 2. The highest BCUT2D eigenvalue weighted by Gasteiger charge is 2.61. The van der Waals surface area contributed by atoms with E-state index in [1.165, 1.54) is 5.57 Å². The Balaban J connectivity index is 1.96. The first-order chi connectivity index (χ1) is 11.1. The van der Waals surface area contributed by atoms with Crippen LogP contribution in [0.15, 0.2) is 47.0 Å². The van der Waals surface area contributed by atoms with Gasteiger partial charge in [0.15, 0.2) is 5.60 Å². The molecule has 3 atom stereocenters. The number of carbonyl (C=O) groups excluding carboxylic acids is 1. The summed E-state index contributed by atoms with van der Waals surface area (Å²) in [4.78, 5) is 15.3. The number of benzene rings is 1. The smallest absolute Gasteiger partial charge is 0.264 e. The number of rotatable bonds is 2. The van der Waals surface area contributed by atoms with Crippen molar-refractivity contribution < 1.29 is 9.53 Å². The van der Waals surface area contributed by atoms with Gasteiger partial charge in [-0.15, -0.1) is 6.58 Å². The molecule has 1 aromatic rings. The van der Waals surface area contributed by atoms with E-state index in [1.807, 2.05) is 23.1 Å². The largest absolute Gasteiger partial charge is 0.356 e.